The number of carboxylic acid groups (broad SMARTS) is 1. The van der Waals surface area contributed by atoms with Crippen LogP contribution in [0.4, 0.5) is 4.39 Å². The number of halogens is 2. The van der Waals surface area contributed by atoms with Crippen molar-refractivity contribution >= 4 is 21.9 Å². The van der Waals surface area contributed by atoms with Gasteiger partial charge in [0.05, 0.1) is 16.2 Å². The van der Waals surface area contributed by atoms with Crippen molar-refractivity contribution in [3.05, 3.63) is 34.7 Å². The van der Waals surface area contributed by atoms with E-state index in [4.69, 9.17) is 14.4 Å². The molecule has 0 aliphatic carbocycles. The van der Waals surface area contributed by atoms with Crippen molar-refractivity contribution in [1.82, 2.24) is 5.16 Å². The van der Waals surface area contributed by atoms with Gasteiger partial charge in [0.1, 0.15) is 11.6 Å². The van der Waals surface area contributed by atoms with Crippen molar-refractivity contribution in [2.45, 2.75) is 13.0 Å². The molecule has 0 saturated heterocycles. The highest BCUT2D eigenvalue weighted by molar-refractivity contribution is 9.10. The van der Waals surface area contributed by atoms with Crippen molar-refractivity contribution in [3.8, 4) is 17.1 Å². The van der Waals surface area contributed by atoms with E-state index in [1.54, 1.807) is 6.07 Å². The molecule has 19 heavy (non-hydrogen) atoms. The minimum Gasteiger partial charge on any atom is -0.479 e. The number of carboxylic acids is 1. The maximum absolute atomic E-state index is 13.5. The van der Waals surface area contributed by atoms with Gasteiger partial charge in [-0.1, -0.05) is 5.16 Å². The Hall–Kier alpha value is -1.89. The van der Waals surface area contributed by atoms with Crippen LogP contribution in [-0.2, 0) is 4.79 Å². The molecule has 0 aliphatic rings. The fraction of sp³-hybridized carbons (Fsp3) is 0.167. The van der Waals surface area contributed by atoms with E-state index < -0.39 is 17.9 Å². The van der Waals surface area contributed by atoms with Crippen molar-refractivity contribution in [2.75, 3.05) is 0 Å². The lowest BCUT2D eigenvalue weighted by molar-refractivity contribution is -0.144. The molecule has 1 heterocycles. The molecule has 0 radical (unpaired) electrons. The van der Waals surface area contributed by atoms with Crippen molar-refractivity contribution in [3.63, 3.8) is 0 Å². The van der Waals surface area contributed by atoms with Crippen LogP contribution in [0.1, 0.15) is 6.92 Å². The Morgan fingerprint density at radius 1 is 1.58 bits per heavy atom. The van der Waals surface area contributed by atoms with Crippen LogP contribution >= 0.6 is 15.9 Å². The minimum absolute atomic E-state index is 0.0763. The van der Waals surface area contributed by atoms with E-state index in [2.05, 4.69) is 21.1 Å². The summed E-state index contributed by atoms with van der Waals surface area (Å²) in [6.45, 7) is 1.35. The third-order valence-corrected chi connectivity index (χ3v) is 2.98. The van der Waals surface area contributed by atoms with Gasteiger partial charge in [0.25, 0.3) is 0 Å². The Labute approximate surface area is 116 Å². The van der Waals surface area contributed by atoms with Gasteiger partial charge in [-0.25, -0.2) is 9.18 Å². The lowest BCUT2D eigenvalue weighted by Crippen LogP contribution is -2.23. The number of ether oxygens (including phenoxy) is 1. The third kappa shape index (κ3) is 2.93. The number of benzene rings is 1. The standard InChI is InChI=1S/C12H9BrFNO4/c1-6(12(16)17)18-11-5-9(14)8(13)4-7(11)10-2-3-15-19-10/h2-6H,1H3,(H,16,17). The maximum Gasteiger partial charge on any atom is 0.344 e. The highest BCUT2D eigenvalue weighted by Crippen LogP contribution is 2.35. The number of aliphatic carboxylic acids is 1. The Bertz CT molecular complexity index is 600. The second-order valence-electron chi connectivity index (χ2n) is 3.74. The average Bonchev–Trinajstić information content (AvgIpc) is 2.86. The molecule has 1 unspecified atom stereocenters. The summed E-state index contributed by atoms with van der Waals surface area (Å²) in [5, 5.41) is 12.4. The number of rotatable bonds is 4. The molecule has 0 saturated carbocycles. The Morgan fingerprint density at radius 3 is 2.89 bits per heavy atom. The van der Waals surface area contributed by atoms with E-state index in [1.165, 1.54) is 19.2 Å². The van der Waals surface area contributed by atoms with Gasteiger partial charge < -0.3 is 14.4 Å². The molecule has 7 heteroatoms. The molecule has 2 rings (SSSR count). The Morgan fingerprint density at radius 2 is 2.32 bits per heavy atom. The quantitative estimate of drug-likeness (QED) is 0.933. The van der Waals surface area contributed by atoms with E-state index in [9.17, 15) is 9.18 Å². The van der Waals surface area contributed by atoms with Crippen molar-refractivity contribution < 1.29 is 23.6 Å². The van der Waals surface area contributed by atoms with Crippen LogP contribution in [0.25, 0.3) is 11.3 Å². The van der Waals surface area contributed by atoms with Crippen LogP contribution < -0.4 is 4.74 Å². The molecule has 2 aromatic rings. The molecule has 0 spiro atoms. The highest BCUT2D eigenvalue weighted by atomic mass is 79.9. The van der Waals surface area contributed by atoms with E-state index >= 15 is 0 Å². The van der Waals surface area contributed by atoms with Crippen LogP contribution in [0.15, 0.2) is 33.4 Å². The normalized spacial score (nSPS) is 12.2. The van der Waals surface area contributed by atoms with E-state index in [0.717, 1.165) is 6.07 Å². The van der Waals surface area contributed by atoms with Gasteiger partial charge in [-0.2, -0.15) is 0 Å². The van der Waals surface area contributed by atoms with Crippen LogP contribution in [0.3, 0.4) is 0 Å². The predicted octanol–water partition coefficient (Wildman–Crippen LogP) is 3.10. The zero-order chi connectivity index (χ0) is 14.0. The first-order valence-electron chi connectivity index (χ1n) is 5.28. The first-order chi connectivity index (χ1) is 8.99. The second kappa shape index (κ2) is 5.40. The smallest absolute Gasteiger partial charge is 0.344 e. The van der Waals surface area contributed by atoms with Gasteiger partial charge in [-0.05, 0) is 28.9 Å². The van der Waals surface area contributed by atoms with E-state index in [-0.39, 0.29) is 10.2 Å². The average molecular weight is 330 g/mol. The summed E-state index contributed by atoms with van der Waals surface area (Å²) in [4.78, 5) is 10.8. The number of hydrogen-bond acceptors (Lipinski definition) is 4. The Kier molecular flexibility index (Phi) is 3.84. The fourth-order valence-corrected chi connectivity index (χ4v) is 1.76. The van der Waals surface area contributed by atoms with Crippen LogP contribution in [0.5, 0.6) is 5.75 Å². The molecule has 1 N–H and O–H groups in total. The molecular weight excluding hydrogens is 321 g/mol. The fourth-order valence-electron chi connectivity index (χ4n) is 1.41. The van der Waals surface area contributed by atoms with Gasteiger partial charge in [-0.3, -0.25) is 0 Å². The Balaban J connectivity index is 2.46. The van der Waals surface area contributed by atoms with Gasteiger partial charge in [0, 0.05) is 12.1 Å². The molecule has 0 amide bonds. The van der Waals surface area contributed by atoms with Crippen molar-refractivity contribution in [2.24, 2.45) is 0 Å². The first-order valence-corrected chi connectivity index (χ1v) is 6.08. The minimum atomic E-state index is -1.15. The first kappa shape index (κ1) is 13.5. The zero-order valence-corrected chi connectivity index (χ0v) is 11.3. The van der Waals surface area contributed by atoms with E-state index in [1.807, 2.05) is 0 Å². The summed E-state index contributed by atoms with van der Waals surface area (Å²) in [6.07, 6.45) is 0.319. The van der Waals surface area contributed by atoms with Crippen LogP contribution in [0.2, 0.25) is 0 Å². The molecule has 1 atom stereocenters. The summed E-state index contributed by atoms with van der Waals surface area (Å²) >= 11 is 3.05. The van der Waals surface area contributed by atoms with Crippen LogP contribution in [0, 0.1) is 5.82 Å². The van der Waals surface area contributed by atoms with Gasteiger partial charge in [0.15, 0.2) is 11.9 Å². The summed E-state index contributed by atoms with van der Waals surface area (Å²) in [7, 11) is 0. The summed E-state index contributed by atoms with van der Waals surface area (Å²) in [5.74, 6) is -1.27. The summed E-state index contributed by atoms with van der Waals surface area (Å²) in [5.41, 5.74) is 0.416. The van der Waals surface area contributed by atoms with Crippen LogP contribution in [-0.4, -0.2) is 22.3 Å². The van der Waals surface area contributed by atoms with Crippen molar-refractivity contribution in [1.29, 1.82) is 0 Å². The summed E-state index contributed by atoms with van der Waals surface area (Å²) < 4.78 is 23.9. The number of nitrogens with zero attached hydrogens (tertiary/aromatic N) is 1. The number of carbonyl (C=O) groups is 1. The predicted molar refractivity (Wildman–Crippen MR) is 67.3 cm³/mol. The van der Waals surface area contributed by atoms with Gasteiger partial charge in [0.2, 0.25) is 0 Å². The maximum atomic E-state index is 13.5. The summed E-state index contributed by atoms with van der Waals surface area (Å²) in [6, 6.07) is 4.11. The van der Waals surface area contributed by atoms with Gasteiger partial charge in [-0.15, -0.1) is 0 Å². The van der Waals surface area contributed by atoms with Gasteiger partial charge >= 0.3 is 5.97 Å². The monoisotopic (exact) mass is 329 g/mol. The van der Waals surface area contributed by atoms with E-state index in [0.29, 0.717) is 11.3 Å². The molecule has 0 aliphatic heterocycles. The second-order valence-corrected chi connectivity index (χ2v) is 4.59. The molecule has 5 nitrogen and oxygen atoms in total. The number of hydrogen-bond donors (Lipinski definition) is 1. The number of aromatic nitrogens is 1. The molecule has 0 fully saturated rings. The lowest BCUT2D eigenvalue weighted by atomic mass is 10.1. The molecule has 100 valence electrons. The largest absolute Gasteiger partial charge is 0.479 e. The lowest BCUT2D eigenvalue weighted by Gasteiger charge is -2.13. The SMILES string of the molecule is CC(Oc1cc(F)c(Br)cc1-c1ccno1)C(=O)O. The third-order valence-electron chi connectivity index (χ3n) is 2.38. The molecular formula is C12H9BrFNO4. The highest BCUT2D eigenvalue weighted by Gasteiger charge is 2.19. The topological polar surface area (TPSA) is 72.6 Å². The zero-order valence-electron chi connectivity index (χ0n) is 9.76. The molecule has 0 bridgehead atoms. The molecule has 1 aromatic heterocycles. The molecule has 1 aromatic carbocycles.